The highest BCUT2D eigenvalue weighted by molar-refractivity contribution is 7.80. The van der Waals surface area contributed by atoms with Crippen LogP contribution in [0.15, 0.2) is 0 Å². The van der Waals surface area contributed by atoms with Crippen LogP contribution in [0.5, 0.6) is 0 Å². The Bertz CT molecular complexity index is 144. The van der Waals surface area contributed by atoms with Gasteiger partial charge in [-0.05, 0) is 45.9 Å². The number of rotatable bonds is 5. The molecule has 0 aromatic heterocycles. The summed E-state index contributed by atoms with van der Waals surface area (Å²) in [6.07, 6.45) is 5.31. The average molecular weight is 216 g/mol. The van der Waals surface area contributed by atoms with Gasteiger partial charge in [-0.25, -0.2) is 0 Å². The average Bonchev–Trinajstić information content (AvgIpc) is 2.26. The molecule has 0 amide bonds. The standard InChI is InChI=1S/C11H24N2S/c1-3-4-7-13-8-5-11(6-9-13)12(2)10-14/h11,14H,3-10H2,1-2H3. The molecule has 14 heavy (non-hydrogen) atoms. The van der Waals surface area contributed by atoms with Crippen molar-refractivity contribution >= 4 is 12.6 Å². The van der Waals surface area contributed by atoms with Crippen LogP contribution < -0.4 is 0 Å². The largest absolute Gasteiger partial charge is 0.303 e. The Labute approximate surface area is 94.1 Å². The second-order valence-electron chi connectivity index (χ2n) is 4.32. The molecule has 0 aromatic carbocycles. The number of unbranched alkanes of at least 4 members (excludes halogenated alkanes) is 1. The van der Waals surface area contributed by atoms with E-state index >= 15 is 0 Å². The van der Waals surface area contributed by atoms with E-state index in [1.807, 2.05) is 0 Å². The predicted molar refractivity (Wildman–Crippen MR) is 66.0 cm³/mol. The van der Waals surface area contributed by atoms with Crippen molar-refractivity contribution < 1.29 is 0 Å². The van der Waals surface area contributed by atoms with Crippen LogP contribution in [-0.2, 0) is 0 Å². The molecular weight excluding hydrogens is 192 g/mol. The van der Waals surface area contributed by atoms with E-state index in [9.17, 15) is 0 Å². The second-order valence-corrected chi connectivity index (χ2v) is 4.61. The maximum Gasteiger partial charge on any atom is 0.0414 e. The SMILES string of the molecule is CCCCN1CCC(N(C)CS)CC1. The van der Waals surface area contributed by atoms with E-state index in [-0.39, 0.29) is 0 Å². The summed E-state index contributed by atoms with van der Waals surface area (Å²) in [7, 11) is 2.18. The minimum absolute atomic E-state index is 0.769. The molecule has 2 nitrogen and oxygen atoms in total. The van der Waals surface area contributed by atoms with Crippen molar-refractivity contribution in [1.82, 2.24) is 9.80 Å². The summed E-state index contributed by atoms with van der Waals surface area (Å²) in [4.78, 5) is 4.96. The monoisotopic (exact) mass is 216 g/mol. The maximum atomic E-state index is 4.32. The van der Waals surface area contributed by atoms with Crippen molar-refractivity contribution in [3.8, 4) is 0 Å². The van der Waals surface area contributed by atoms with Crippen LogP contribution in [0.25, 0.3) is 0 Å². The third-order valence-corrected chi connectivity index (χ3v) is 3.68. The van der Waals surface area contributed by atoms with Gasteiger partial charge in [-0.2, -0.15) is 12.6 Å². The molecule has 0 radical (unpaired) electrons. The number of hydrogen-bond donors (Lipinski definition) is 1. The van der Waals surface area contributed by atoms with E-state index in [0.717, 1.165) is 11.9 Å². The summed E-state index contributed by atoms with van der Waals surface area (Å²) in [6, 6.07) is 0.769. The summed E-state index contributed by atoms with van der Waals surface area (Å²) >= 11 is 4.32. The normalized spacial score (nSPS) is 20.6. The van der Waals surface area contributed by atoms with Crippen LogP contribution in [0.4, 0.5) is 0 Å². The lowest BCUT2D eigenvalue weighted by molar-refractivity contribution is 0.140. The molecule has 84 valence electrons. The number of hydrogen-bond acceptors (Lipinski definition) is 3. The Morgan fingerprint density at radius 1 is 1.36 bits per heavy atom. The summed E-state index contributed by atoms with van der Waals surface area (Å²) < 4.78 is 0. The maximum absolute atomic E-state index is 4.32. The van der Waals surface area contributed by atoms with Crippen molar-refractivity contribution in [3.63, 3.8) is 0 Å². The molecule has 1 rings (SSSR count). The Hall–Kier alpha value is 0.270. The van der Waals surface area contributed by atoms with Gasteiger partial charge in [-0.1, -0.05) is 13.3 Å². The van der Waals surface area contributed by atoms with E-state index < -0.39 is 0 Å². The second kappa shape index (κ2) is 6.70. The molecule has 0 aliphatic carbocycles. The quantitative estimate of drug-likeness (QED) is 0.555. The van der Waals surface area contributed by atoms with Gasteiger partial charge in [0.1, 0.15) is 0 Å². The molecule has 1 aliphatic heterocycles. The van der Waals surface area contributed by atoms with Crippen LogP contribution >= 0.6 is 12.6 Å². The van der Waals surface area contributed by atoms with Crippen molar-refractivity contribution in [3.05, 3.63) is 0 Å². The number of piperidine rings is 1. The van der Waals surface area contributed by atoms with Crippen molar-refractivity contribution in [2.75, 3.05) is 32.6 Å². The Morgan fingerprint density at radius 3 is 2.50 bits per heavy atom. The van der Waals surface area contributed by atoms with Gasteiger partial charge < -0.3 is 4.90 Å². The molecule has 0 saturated carbocycles. The molecular formula is C11H24N2S. The topological polar surface area (TPSA) is 6.48 Å². The van der Waals surface area contributed by atoms with Crippen LogP contribution in [0.1, 0.15) is 32.6 Å². The highest BCUT2D eigenvalue weighted by atomic mass is 32.1. The molecule has 0 N–H and O–H groups in total. The molecule has 0 bridgehead atoms. The molecule has 3 heteroatoms. The van der Waals surface area contributed by atoms with Gasteiger partial charge in [-0.15, -0.1) is 0 Å². The summed E-state index contributed by atoms with van der Waals surface area (Å²) in [5.74, 6) is 0.889. The summed E-state index contributed by atoms with van der Waals surface area (Å²) in [5, 5.41) is 0. The Kier molecular flexibility index (Phi) is 5.90. The lowest BCUT2D eigenvalue weighted by atomic mass is 10.0. The predicted octanol–water partition coefficient (Wildman–Crippen LogP) is 2.07. The number of nitrogens with zero attached hydrogens (tertiary/aromatic N) is 2. The molecule has 1 aliphatic rings. The lowest BCUT2D eigenvalue weighted by Crippen LogP contribution is -2.43. The van der Waals surface area contributed by atoms with Crippen LogP contribution in [-0.4, -0.2) is 48.4 Å². The van der Waals surface area contributed by atoms with E-state index in [0.29, 0.717) is 0 Å². The van der Waals surface area contributed by atoms with Crippen molar-refractivity contribution in [2.24, 2.45) is 0 Å². The number of likely N-dealkylation sites (tertiary alicyclic amines) is 1. The van der Waals surface area contributed by atoms with Crippen molar-refractivity contribution in [1.29, 1.82) is 0 Å². The first-order valence-electron chi connectivity index (χ1n) is 5.81. The third-order valence-electron chi connectivity index (χ3n) is 3.23. The van der Waals surface area contributed by atoms with Crippen LogP contribution in [0.2, 0.25) is 0 Å². The van der Waals surface area contributed by atoms with Gasteiger partial charge in [0.2, 0.25) is 0 Å². The molecule has 1 heterocycles. The zero-order valence-electron chi connectivity index (χ0n) is 9.58. The van der Waals surface area contributed by atoms with E-state index in [2.05, 4.69) is 36.4 Å². The smallest absolute Gasteiger partial charge is 0.0414 e. The molecule has 0 aromatic rings. The fraction of sp³-hybridized carbons (Fsp3) is 1.00. The third kappa shape index (κ3) is 3.79. The summed E-state index contributed by atoms with van der Waals surface area (Å²) in [5.41, 5.74) is 0. The molecule has 0 spiro atoms. The first-order chi connectivity index (χ1) is 6.77. The first-order valence-corrected chi connectivity index (χ1v) is 6.44. The van der Waals surface area contributed by atoms with Gasteiger partial charge >= 0.3 is 0 Å². The lowest BCUT2D eigenvalue weighted by Gasteiger charge is -2.36. The first kappa shape index (κ1) is 12.3. The zero-order valence-corrected chi connectivity index (χ0v) is 10.5. The van der Waals surface area contributed by atoms with Gasteiger partial charge in [0.05, 0.1) is 0 Å². The highest BCUT2D eigenvalue weighted by Gasteiger charge is 2.20. The molecule has 1 saturated heterocycles. The summed E-state index contributed by atoms with van der Waals surface area (Å²) in [6.45, 7) is 6.13. The van der Waals surface area contributed by atoms with Crippen LogP contribution in [0, 0.1) is 0 Å². The molecule has 0 unspecified atom stereocenters. The van der Waals surface area contributed by atoms with Gasteiger partial charge in [0, 0.05) is 11.9 Å². The Morgan fingerprint density at radius 2 is 2.00 bits per heavy atom. The minimum Gasteiger partial charge on any atom is -0.303 e. The zero-order chi connectivity index (χ0) is 10.4. The highest BCUT2D eigenvalue weighted by Crippen LogP contribution is 2.15. The van der Waals surface area contributed by atoms with Crippen LogP contribution in [0.3, 0.4) is 0 Å². The molecule has 0 atom stereocenters. The van der Waals surface area contributed by atoms with Gasteiger partial charge in [0.15, 0.2) is 0 Å². The molecule has 1 fully saturated rings. The number of thiol groups is 1. The van der Waals surface area contributed by atoms with Gasteiger partial charge in [0.25, 0.3) is 0 Å². The van der Waals surface area contributed by atoms with E-state index in [1.54, 1.807) is 0 Å². The van der Waals surface area contributed by atoms with Gasteiger partial charge in [-0.3, -0.25) is 4.90 Å². The fourth-order valence-electron chi connectivity index (χ4n) is 2.08. The fourth-order valence-corrected chi connectivity index (χ4v) is 2.31. The van der Waals surface area contributed by atoms with E-state index in [4.69, 9.17) is 0 Å². The Balaban J connectivity index is 2.17. The van der Waals surface area contributed by atoms with E-state index in [1.165, 1.54) is 45.3 Å². The minimum atomic E-state index is 0.769. The van der Waals surface area contributed by atoms with Crippen molar-refractivity contribution in [2.45, 2.75) is 38.6 Å².